The van der Waals surface area contributed by atoms with Crippen LogP contribution in [0.15, 0.2) is 24.3 Å². The highest BCUT2D eigenvalue weighted by atomic mass is 15.1. The van der Waals surface area contributed by atoms with E-state index in [1.807, 2.05) is 7.05 Å². The molecule has 0 fully saturated rings. The number of nitrogens with zero attached hydrogens (tertiary/aromatic N) is 1. The first-order chi connectivity index (χ1) is 9.22. The van der Waals surface area contributed by atoms with Gasteiger partial charge in [0.05, 0.1) is 0 Å². The molecule has 0 aliphatic rings. The second-order valence-electron chi connectivity index (χ2n) is 5.32. The topological polar surface area (TPSA) is 31.1 Å². The van der Waals surface area contributed by atoms with Crippen molar-refractivity contribution in [3.05, 3.63) is 35.5 Å². The van der Waals surface area contributed by atoms with E-state index in [9.17, 15) is 0 Å². The van der Waals surface area contributed by atoms with Gasteiger partial charge >= 0.3 is 0 Å². The lowest BCUT2D eigenvalue weighted by Crippen LogP contribution is -2.20. The normalized spacial score (nSPS) is 11.6. The van der Waals surface area contributed by atoms with E-state index in [1.54, 1.807) is 0 Å². The van der Waals surface area contributed by atoms with Gasteiger partial charge in [0.2, 0.25) is 0 Å². The van der Waals surface area contributed by atoms with Crippen LogP contribution in [0.5, 0.6) is 0 Å². The fraction of sp³-hybridized carbons (Fsp3) is 0.500. The molecule has 3 nitrogen and oxygen atoms in total. The molecule has 0 atom stereocenters. The quantitative estimate of drug-likeness (QED) is 0.749. The van der Waals surface area contributed by atoms with Gasteiger partial charge in [0, 0.05) is 23.1 Å². The largest absolute Gasteiger partial charge is 0.358 e. The fourth-order valence-corrected chi connectivity index (χ4v) is 2.57. The van der Waals surface area contributed by atoms with Crippen molar-refractivity contribution in [2.45, 2.75) is 26.3 Å². The highest BCUT2D eigenvalue weighted by Crippen LogP contribution is 2.22. The Balaban J connectivity index is 1.98. The first kappa shape index (κ1) is 14.1. The number of unbranched alkanes of at least 4 members (excludes halogenated alkanes) is 1. The second kappa shape index (κ2) is 6.73. The maximum Gasteiger partial charge on any atom is 0.0459 e. The van der Waals surface area contributed by atoms with Crippen molar-refractivity contribution in [2.24, 2.45) is 0 Å². The zero-order chi connectivity index (χ0) is 13.7. The number of benzene rings is 1. The van der Waals surface area contributed by atoms with Crippen molar-refractivity contribution in [2.75, 3.05) is 27.2 Å². The van der Waals surface area contributed by atoms with Crippen molar-refractivity contribution >= 4 is 10.9 Å². The standard InChI is InChI=1S/C16H25N3/c1-13-15(12-19(3)11-7-6-10-17-2)14-8-4-5-9-16(14)18-13/h4-5,8-9,17-18H,6-7,10-12H2,1-3H3. The highest BCUT2D eigenvalue weighted by Gasteiger charge is 2.09. The number of aromatic nitrogens is 1. The molecule has 0 spiro atoms. The number of hydrogen-bond donors (Lipinski definition) is 2. The summed E-state index contributed by atoms with van der Waals surface area (Å²) >= 11 is 0. The maximum atomic E-state index is 3.47. The lowest BCUT2D eigenvalue weighted by Gasteiger charge is -2.16. The first-order valence-corrected chi connectivity index (χ1v) is 7.11. The molecular weight excluding hydrogens is 234 g/mol. The summed E-state index contributed by atoms with van der Waals surface area (Å²) in [6.07, 6.45) is 2.49. The van der Waals surface area contributed by atoms with Gasteiger partial charge in [0.15, 0.2) is 0 Å². The Morgan fingerprint density at radius 2 is 2.00 bits per heavy atom. The van der Waals surface area contributed by atoms with Crippen molar-refractivity contribution in [3.63, 3.8) is 0 Å². The molecule has 2 rings (SSSR count). The lowest BCUT2D eigenvalue weighted by atomic mass is 10.1. The fourth-order valence-electron chi connectivity index (χ4n) is 2.57. The Morgan fingerprint density at radius 3 is 2.79 bits per heavy atom. The van der Waals surface area contributed by atoms with Gasteiger partial charge in [-0.25, -0.2) is 0 Å². The molecule has 0 amide bonds. The van der Waals surface area contributed by atoms with Crippen LogP contribution in [0.1, 0.15) is 24.1 Å². The molecular formula is C16H25N3. The molecule has 1 heterocycles. The minimum Gasteiger partial charge on any atom is -0.358 e. The monoisotopic (exact) mass is 259 g/mol. The molecule has 0 saturated heterocycles. The average molecular weight is 259 g/mol. The number of aromatic amines is 1. The Bertz CT molecular complexity index is 516. The van der Waals surface area contributed by atoms with Crippen LogP contribution in [0.3, 0.4) is 0 Å². The lowest BCUT2D eigenvalue weighted by molar-refractivity contribution is 0.319. The van der Waals surface area contributed by atoms with Crippen LogP contribution in [0.2, 0.25) is 0 Å². The van der Waals surface area contributed by atoms with Crippen LogP contribution in [-0.4, -0.2) is 37.1 Å². The van der Waals surface area contributed by atoms with E-state index < -0.39 is 0 Å². The number of aryl methyl sites for hydroxylation is 1. The second-order valence-corrected chi connectivity index (χ2v) is 5.32. The summed E-state index contributed by atoms with van der Waals surface area (Å²) in [6.45, 7) is 5.46. The first-order valence-electron chi connectivity index (χ1n) is 7.11. The molecule has 19 heavy (non-hydrogen) atoms. The van der Waals surface area contributed by atoms with E-state index in [1.165, 1.54) is 35.0 Å². The molecule has 0 saturated carbocycles. The van der Waals surface area contributed by atoms with Crippen LogP contribution in [0, 0.1) is 6.92 Å². The van der Waals surface area contributed by atoms with Crippen LogP contribution in [0.4, 0.5) is 0 Å². The molecule has 3 heteroatoms. The van der Waals surface area contributed by atoms with Crippen molar-refractivity contribution in [1.82, 2.24) is 15.2 Å². The van der Waals surface area contributed by atoms with Gasteiger partial charge in [-0.2, -0.15) is 0 Å². The minimum absolute atomic E-state index is 1.02. The van der Waals surface area contributed by atoms with Crippen LogP contribution in [-0.2, 0) is 6.54 Å². The van der Waals surface area contributed by atoms with Crippen molar-refractivity contribution in [1.29, 1.82) is 0 Å². The number of nitrogens with one attached hydrogen (secondary N) is 2. The number of fused-ring (bicyclic) bond motifs is 1. The van der Waals surface area contributed by atoms with Crippen molar-refractivity contribution < 1.29 is 0 Å². The molecule has 0 aliphatic carbocycles. The Morgan fingerprint density at radius 1 is 1.21 bits per heavy atom. The zero-order valence-electron chi connectivity index (χ0n) is 12.3. The Hall–Kier alpha value is -1.32. The molecule has 2 aromatic rings. The van der Waals surface area contributed by atoms with Gasteiger partial charge < -0.3 is 15.2 Å². The SMILES string of the molecule is CNCCCCN(C)Cc1c(C)[nH]c2ccccc12. The van der Waals surface area contributed by atoms with E-state index in [2.05, 4.69) is 53.4 Å². The summed E-state index contributed by atoms with van der Waals surface area (Å²) in [6, 6.07) is 8.57. The predicted molar refractivity (Wildman–Crippen MR) is 82.5 cm³/mol. The summed E-state index contributed by atoms with van der Waals surface area (Å²) in [5, 5.41) is 4.56. The molecule has 104 valence electrons. The van der Waals surface area contributed by atoms with Gasteiger partial charge in [-0.05, 0) is 58.6 Å². The highest BCUT2D eigenvalue weighted by molar-refractivity contribution is 5.84. The van der Waals surface area contributed by atoms with Crippen molar-refractivity contribution in [3.8, 4) is 0 Å². The molecule has 1 aromatic carbocycles. The third kappa shape index (κ3) is 3.58. The predicted octanol–water partition coefficient (Wildman–Crippen LogP) is 2.91. The van der Waals surface area contributed by atoms with Gasteiger partial charge in [0.25, 0.3) is 0 Å². The van der Waals surface area contributed by atoms with E-state index >= 15 is 0 Å². The van der Waals surface area contributed by atoms with E-state index in [-0.39, 0.29) is 0 Å². The average Bonchev–Trinajstić information content (AvgIpc) is 2.72. The number of H-pyrrole nitrogens is 1. The molecule has 0 unspecified atom stereocenters. The van der Waals surface area contributed by atoms with E-state index in [0.29, 0.717) is 0 Å². The Kier molecular flexibility index (Phi) is 5.00. The third-order valence-corrected chi connectivity index (χ3v) is 3.67. The van der Waals surface area contributed by atoms with E-state index in [4.69, 9.17) is 0 Å². The number of rotatable bonds is 7. The summed E-state index contributed by atoms with van der Waals surface area (Å²) < 4.78 is 0. The molecule has 0 aliphatic heterocycles. The molecule has 1 aromatic heterocycles. The van der Waals surface area contributed by atoms with Gasteiger partial charge in [-0.3, -0.25) is 0 Å². The summed E-state index contributed by atoms with van der Waals surface area (Å²) in [4.78, 5) is 5.89. The third-order valence-electron chi connectivity index (χ3n) is 3.67. The van der Waals surface area contributed by atoms with Crippen LogP contribution < -0.4 is 5.32 Å². The number of para-hydroxylation sites is 1. The maximum absolute atomic E-state index is 3.47. The van der Waals surface area contributed by atoms with Gasteiger partial charge in [-0.15, -0.1) is 0 Å². The van der Waals surface area contributed by atoms with Crippen LogP contribution >= 0.6 is 0 Å². The van der Waals surface area contributed by atoms with Gasteiger partial charge in [-0.1, -0.05) is 18.2 Å². The van der Waals surface area contributed by atoms with Gasteiger partial charge in [0.1, 0.15) is 0 Å². The smallest absolute Gasteiger partial charge is 0.0459 e. The van der Waals surface area contributed by atoms with Crippen LogP contribution in [0.25, 0.3) is 10.9 Å². The zero-order valence-corrected chi connectivity index (χ0v) is 12.3. The summed E-state index contributed by atoms with van der Waals surface area (Å²) in [5.74, 6) is 0. The molecule has 0 radical (unpaired) electrons. The molecule has 2 N–H and O–H groups in total. The summed E-state index contributed by atoms with van der Waals surface area (Å²) in [5.41, 5.74) is 3.98. The van der Waals surface area contributed by atoms with E-state index in [0.717, 1.165) is 19.6 Å². The molecule has 0 bridgehead atoms. The summed E-state index contributed by atoms with van der Waals surface area (Å²) in [7, 11) is 4.22. The minimum atomic E-state index is 1.02. The number of hydrogen-bond acceptors (Lipinski definition) is 2. The Labute approximate surface area is 116 Å².